The van der Waals surface area contributed by atoms with Gasteiger partial charge in [0.05, 0.1) is 5.00 Å². The molecule has 0 saturated carbocycles. The van der Waals surface area contributed by atoms with Crippen molar-refractivity contribution in [2.75, 3.05) is 18.0 Å². The number of hydrogen-bond acceptors (Lipinski definition) is 3. The zero-order valence-electron chi connectivity index (χ0n) is 13.9. The molecule has 25 heavy (non-hydrogen) atoms. The van der Waals surface area contributed by atoms with E-state index in [-0.39, 0.29) is 17.4 Å². The number of amides is 1. The SMILES string of the molecule is C/C=C(\C(N)=O)C1CCN(c2ccc(-c3ccc(C(F)F)cc3)s2)C1. The largest absolute Gasteiger partial charge is 0.366 e. The number of primary amides is 1. The highest BCUT2D eigenvalue weighted by molar-refractivity contribution is 7.19. The fraction of sp³-hybridized carbons (Fsp3) is 0.316. The molecule has 3 rings (SSSR count). The van der Waals surface area contributed by atoms with E-state index >= 15 is 0 Å². The molecule has 1 amide bonds. The quantitative estimate of drug-likeness (QED) is 0.790. The maximum atomic E-state index is 12.7. The number of anilines is 1. The molecule has 0 bridgehead atoms. The molecule has 6 heteroatoms. The van der Waals surface area contributed by atoms with Crippen LogP contribution >= 0.6 is 11.3 Å². The fourth-order valence-corrected chi connectivity index (χ4v) is 4.29. The van der Waals surface area contributed by atoms with Crippen molar-refractivity contribution in [2.45, 2.75) is 19.8 Å². The van der Waals surface area contributed by atoms with Gasteiger partial charge in [0.25, 0.3) is 6.43 Å². The fourth-order valence-electron chi connectivity index (χ4n) is 3.24. The summed E-state index contributed by atoms with van der Waals surface area (Å²) in [5, 5.41) is 1.12. The predicted octanol–water partition coefficient (Wildman–Crippen LogP) is 4.61. The molecule has 1 aromatic carbocycles. The van der Waals surface area contributed by atoms with Crippen LogP contribution < -0.4 is 10.6 Å². The Morgan fingerprint density at radius 2 is 2.00 bits per heavy atom. The summed E-state index contributed by atoms with van der Waals surface area (Å²) in [6.45, 7) is 3.49. The molecule has 0 radical (unpaired) electrons. The van der Waals surface area contributed by atoms with E-state index in [0.717, 1.165) is 35.0 Å². The van der Waals surface area contributed by atoms with Crippen LogP contribution in [0.25, 0.3) is 10.4 Å². The zero-order valence-corrected chi connectivity index (χ0v) is 14.7. The number of halogens is 2. The Labute approximate surface area is 149 Å². The molecular weight excluding hydrogens is 342 g/mol. The number of nitrogens with two attached hydrogens (primary N) is 1. The van der Waals surface area contributed by atoms with Gasteiger partial charge in [-0.3, -0.25) is 4.79 Å². The summed E-state index contributed by atoms with van der Waals surface area (Å²) < 4.78 is 25.3. The third-order valence-electron chi connectivity index (χ3n) is 4.57. The van der Waals surface area contributed by atoms with Crippen molar-refractivity contribution >= 4 is 22.2 Å². The normalized spacial score (nSPS) is 18.2. The molecule has 1 aromatic heterocycles. The van der Waals surface area contributed by atoms with Crippen molar-refractivity contribution in [1.82, 2.24) is 0 Å². The first-order valence-electron chi connectivity index (χ1n) is 8.19. The second-order valence-electron chi connectivity index (χ2n) is 6.10. The van der Waals surface area contributed by atoms with E-state index in [1.807, 2.05) is 19.1 Å². The van der Waals surface area contributed by atoms with Gasteiger partial charge in [-0.25, -0.2) is 8.78 Å². The zero-order chi connectivity index (χ0) is 18.0. The Morgan fingerprint density at radius 1 is 1.28 bits per heavy atom. The smallest absolute Gasteiger partial charge is 0.263 e. The number of thiophene rings is 1. The summed E-state index contributed by atoms with van der Waals surface area (Å²) in [4.78, 5) is 14.8. The van der Waals surface area contributed by atoms with Gasteiger partial charge in [-0.2, -0.15) is 0 Å². The Bertz CT molecular complexity index is 783. The van der Waals surface area contributed by atoms with E-state index in [1.54, 1.807) is 29.5 Å². The van der Waals surface area contributed by atoms with E-state index in [0.29, 0.717) is 5.57 Å². The van der Waals surface area contributed by atoms with Crippen molar-refractivity contribution in [3.05, 3.63) is 53.6 Å². The Balaban J connectivity index is 1.73. The Morgan fingerprint density at radius 3 is 2.60 bits per heavy atom. The highest BCUT2D eigenvalue weighted by Crippen LogP contribution is 2.37. The average Bonchev–Trinajstić information content (AvgIpc) is 3.24. The monoisotopic (exact) mass is 362 g/mol. The van der Waals surface area contributed by atoms with Gasteiger partial charge in [-0.1, -0.05) is 30.3 Å². The molecule has 1 atom stereocenters. The van der Waals surface area contributed by atoms with E-state index in [4.69, 9.17) is 5.73 Å². The van der Waals surface area contributed by atoms with Crippen molar-refractivity contribution in [2.24, 2.45) is 11.7 Å². The van der Waals surface area contributed by atoms with Crippen LogP contribution in [0.2, 0.25) is 0 Å². The number of nitrogens with zero attached hydrogens (tertiary/aromatic N) is 1. The number of hydrogen-bond donors (Lipinski definition) is 1. The molecule has 2 heterocycles. The van der Waals surface area contributed by atoms with Gasteiger partial charge in [0.1, 0.15) is 0 Å². The second-order valence-corrected chi connectivity index (χ2v) is 7.16. The van der Waals surface area contributed by atoms with Crippen LogP contribution in [0.3, 0.4) is 0 Å². The van der Waals surface area contributed by atoms with Gasteiger partial charge in [0.2, 0.25) is 5.91 Å². The summed E-state index contributed by atoms with van der Waals surface area (Å²) in [7, 11) is 0. The predicted molar refractivity (Wildman–Crippen MR) is 98.0 cm³/mol. The first-order chi connectivity index (χ1) is 12.0. The molecule has 3 nitrogen and oxygen atoms in total. The number of rotatable bonds is 5. The lowest BCUT2D eigenvalue weighted by molar-refractivity contribution is -0.115. The molecular formula is C19H20F2N2OS. The van der Waals surface area contributed by atoms with E-state index in [2.05, 4.69) is 4.90 Å². The lowest BCUT2D eigenvalue weighted by Crippen LogP contribution is -2.24. The summed E-state index contributed by atoms with van der Waals surface area (Å²) in [5.74, 6) is -0.182. The minimum atomic E-state index is -2.44. The first-order valence-corrected chi connectivity index (χ1v) is 9.00. The number of alkyl halides is 2. The minimum absolute atomic E-state index is 0.0354. The molecule has 1 aliphatic heterocycles. The molecule has 0 aliphatic carbocycles. The second kappa shape index (κ2) is 7.35. The molecule has 1 saturated heterocycles. The third kappa shape index (κ3) is 3.74. The number of benzene rings is 1. The van der Waals surface area contributed by atoms with Gasteiger partial charge in [-0.15, -0.1) is 11.3 Å². The average molecular weight is 362 g/mol. The van der Waals surface area contributed by atoms with Crippen LogP contribution in [0.4, 0.5) is 13.8 Å². The van der Waals surface area contributed by atoms with Crippen molar-refractivity contribution in [3.8, 4) is 10.4 Å². The molecule has 1 aliphatic rings. The highest BCUT2D eigenvalue weighted by atomic mass is 32.1. The van der Waals surface area contributed by atoms with Gasteiger partial charge >= 0.3 is 0 Å². The van der Waals surface area contributed by atoms with Gasteiger partial charge in [-0.05, 0) is 31.0 Å². The van der Waals surface area contributed by atoms with Crippen LogP contribution in [0, 0.1) is 5.92 Å². The summed E-state index contributed by atoms with van der Waals surface area (Å²) in [6.07, 6.45) is 0.264. The van der Waals surface area contributed by atoms with Gasteiger partial charge in [0.15, 0.2) is 0 Å². The van der Waals surface area contributed by atoms with Crippen molar-refractivity contribution in [1.29, 1.82) is 0 Å². The van der Waals surface area contributed by atoms with Crippen LogP contribution in [0.1, 0.15) is 25.3 Å². The topological polar surface area (TPSA) is 46.3 Å². The molecule has 2 N–H and O–H groups in total. The van der Waals surface area contributed by atoms with E-state index < -0.39 is 6.43 Å². The van der Waals surface area contributed by atoms with Crippen molar-refractivity contribution in [3.63, 3.8) is 0 Å². The Kier molecular flexibility index (Phi) is 5.18. The van der Waals surface area contributed by atoms with Crippen molar-refractivity contribution < 1.29 is 13.6 Å². The summed E-state index contributed by atoms with van der Waals surface area (Å²) >= 11 is 1.63. The lowest BCUT2D eigenvalue weighted by Gasteiger charge is -2.16. The van der Waals surface area contributed by atoms with E-state index in [9.17, 15) is 13.6 Å². The minimum Gasteiger partial charge on any atom is -0.366 e. The molecule has 2 aromatic rings. The maximum Gasteiger partial charge on any atom is 0.263 e. The number of carbonyl (C=O) groups excluding carboxylic acids is 1. The third-order valence-corrected chi connectivity index (χ3v) is 5.77. The summed E-state index contributed by atoms with van der Waals surface area (Å²) in [6, 6.07) is 10.5. The maximum absolute atomic E-state index is 12.7. The molecule has 1 unspecified atom stereocenters. The van der Waals surface area contributed by atoms with Gasteiger partial charge in [0, 0.05) is 35.0 Å². The van der Waals surface area contributed by atoms with Crippen LogP contribution in [-0.4, -0.2) is 19.0 Å². The molecule has 1 fully saturated rings. The Hall–Kier alpha value is -2.21. The standard InChI is InChI=1S/C19H20F2N2OS/c1-2-15(19(22)24)14-9-10-23(11-14)17-8-7-16(25-17)12-3-5-13(6-4-12)18(20)21/h2-8,14,18H,9-11H2,1H3,(H2,22,24)/b15-2-. The molecule has 132 valence electrons. The lowest BCUT2D eigenvalue weighted by atomic mass is 9.97. The number of carbonyl (C=O) groups is 1. The molecule has 0 spiro atoms. The van der Waals surface area contributed by atoms with Crippen LogP contribution in [0.5, 0.6) is 0 Å². The van der Waals surface area contributed by atoms with Crippen LogP contribution in [-0.2, 0) is 4.79 Å². The van der Waals surface area contributed by atoms with Crippen LogP contribution in [0.15, 0.2) is 48.0 Å². The first kappa shape index (κ1) is 17.6. The number of allylic oxidation sites excluding steroid dienone is 1. The van der Waals surface area contributed by atoms with E-state index in [1.165, 1.54) is 12.1 Å². The highest BCUT2D eigenvalue weighted by Gasteiger charge is 2.28. The summed E-state index contributed by atoms with van der Waals surface area (Å²) in [5.41, 5.74) is 7.11. The van der Waals surface area contributed by atoms with Gasteiger partial charge < -0.3 is 10.6 Å².